The molecule has 2 N–H and O–H groups in total. The molecule has 0 saturated heterocycles. The van der Waals surface area contributed by atoms with Crippen LogP contribution in [-0.2, 0) is 0 Å². The summed E-state index contributed by atoms with van der Waals surface area (Å²) in [6.45, 7) is 0. The maximum absolute atomic E-state index is 13.1. The van der Waals surface area contributed by atoms with Crippen LogP contribution in [0.15, 0.2) is 36.5 Å². The van der Waals surface area contributed by atoms with Crippen molar-refractivity contribution in [2.24, 2.45) is 0 Å². The van der Waals surface area contributed by atoms with E-state index < -0.39 is 5.82 Å². The lowest BCUT2D eigenvalue weighted by atomic mass is 10.2. The number of nitrogen functional groups attached to an aromatic ring is 1. The SMILES string of the molecule is Nc1cc(-c2nc3cccnc3s2)ccc1F. The number of benzene rings is 1. The monoisotopic (exact) mass is 245 g/mol. The van der Waals surface area contributed by atoms with Gasteiger partial charge in [0, 0.05) is 11.8 Å². The van der Waals surface area contributed by atoms with E-state index in [1.807, 2.05) is 12.1 Å². The highest BCUT2D eigenvalue weighted by molar-refractivity contribution is 7.21. The second-order valence-corrected chi connectivity index (χ2v) is 4.56. The molecule has 0 unspecified atom stereocenters. The second-order valence-electron chi connectivity index (χ2n) is 3.58. The fourth-order valence-corrected chi connectivity index (χ4v) is 2.47. The van der Waals surface area contributed by atoms with Crippen molar-refractivity contribution in [1.29, 1.82) is 0 Å². The van der Waals surface area contributed by atoms with Crippen LogP contribution in [0.5, 0.6) is 0 Å². The highest BCUT2D eigenvalue weighted by atomic mass is 32.1. The van der Waals surface area contributed by atoms with Gasteiger partial charge >= 0.3 is 0 Å². The maximum Gasteiger partial charge on any atom is 0.146 e. The Kier molecular flexibility index (Phi) is 2.26. The number of rotatable bonds is 1. The van der Waals surface area contributed by atoms with Crippen molar-refractivity contribution in [3.8, 4) is 10.6 Å². The van der Waals surface area contributed by atoms with Gasteiger partial charge in [0.2, 0.25) is 0 Å². The first-order valence-electron chi connectivity index (χ1n) is 5.01. The lowest BCUT2D eigenvalue weighted by Crippen LogP contribution is -1.90. The zero-order valence-electron chi connectivity index (χ0n) is 8.72. The van der Waals surface area contributed by atoms with Crippen LogP contribution < -0.4 is 5.73 Å². The molecule has 3 rings (SSSR count). The Morgan fingerprint density at radius 2 is 2.12 bits per heavy atom. The molecule has 1 aromatic carbocycles. The van der Waals surface area contributed by atoms with Gasteiger partial charge < -0.3 is 5.73 Å². The average Bonchev–Trinajstić information content (AvgIpc) is 2.76. The zero-order valence-corrected chi connectivity index (χ0v) is 9.54. The van der Waals surface area contributed by atoms with Gasteiger partial charge in [-0.2, -0.15) is 0 Å². The predicted molar refractivity (Wildman–Crippen MR) is 67.2 cm³/mol. The van der Waals surface area contributed by atoms with Crippen molar-refractivity contribution in [1.82, 2.24) is 9.97 Å². The molecule has 84 valence electrons. The largest absolute Gasteiger partial charge is 0.396 e. The number of halogens is 1. The molecular weight excluding hydrogens is 237 g/mol. The molecule has 0 aliphatic carbocycles. The number of hydrogen-bond acceptors (Lipinski definition) is 4. The Morgan fingerprint density at radius 1 is 1.24 bits per heavy atom. The predicted octanol–water partition coefficient (Wildman–Crippen LogP) is 3.08. The topological polar surface area (TPSA) is 51.8 Å². The van der Waals surface area contributed by atoms with E-state index in [1.54, 1.807) is 18.3 Å². The molecule has 0 radical (unpaired) electrons. The number of thiazole rings is 1. The number of pyridine rings is 1. The van der Waals surface area contributed by atoms with Gasteiger partial charge in [-0.15, -0.1) is 0 Å². The summed E-state index contributed by atoms with van der Waals surface area (Å²) in [5.74, 6) is -0.409. The molecule has 0 saturated carbocycles. The molecule has 0 aliphatic rings. The number of anilines is 1. The van der Waals surface area contributed by atoms with Gasteiger partial charge in [0.25, 0.3) is 0 Å². The van der Waals surface area contributed by atoms with Gasteiger partial charge in [0.05, 0.1) is 5.69 Å². The van der Waals surface area contributed by atoms with Crippen LogP contribution >= 0.6 is 11.3 Å². The van der Waals surface area contributed by atoms with E-state index in [4.69, 9.17) is 5.73 Å². The molecule has 0 bridgehead atoms. The Bertz CT molecular complexity index is 660. The quantitative estimate of drug-likeness (QED) is 0.670. The van der Waals surface area contributed by atoms with E-state index in [1.165, 1.54) is 17.4 Å². The van der Waals surface area contributed by atoms with Crippen LogP contribution in [0.1, 0.15) is 0 Å². The third-order valence-electron chi connectivity index (χ3n) is 2.41. The number of hydrogen-bond donors (Lipinski definition) is 1. The Hall–Kier alpha value is -2.01. The lowest BCUT2D eigenvalue weighted by molar-refractivity contribution is 0.632. The molecule has 0 atom stereocenters. The van der Waals surface area contributed by atoms with E-state index in [0.29, 0.717) is 0 Å². The number of nitrogens with two attached hydrogens (primary N) is 1. The fraction of sp³-hybridized carbons (Fsp3) is 0. The van der Waals surface area contributed by atoms with Crippen molar-refractivity contribution in [3.05, 3.63) is 42.3 Å². The molecule has 2 aromatic heterocycles. The second kappa shape index (κ2) is 3.78. The molecule has 0 aliphatic heterocycles. The number of nitrogens with zero attached hydrogens (tertiary/aromatic N) is 2. The summed E-state index contributed by atoms with van der Waals surface area (Å²) in [6.07, 6.45) is 1.73. The van der Waals surface area contributed by atoms with Crippen molar-refractivity contribution in [3.63, 3.8) is 0 Å². The van der Waals surface area contributed by atoms with E-state index in [-0.39, 0.29) is 5.69 Å². The Labute approximate surface area is 101 Å². The van der Waals surface area contributed by atoms with Gasteiger partial charge in [0.1, 0.15) is 21.2 Å². The van der Waals surface area contributed by atoms with E-state index in [9.17, 15) is 4.39 Å². The molecule has 5 heteroatoms. The summed E-state index contributed by atoms with van der Waals surface area (Å²) in [7, 11) is 0. The van der Waals surface area contributed by atoms with Gasteiger partial charge in [-0.3, -0.25) is 0 Å². The molecule has 17 heavy (non-hydrogen) atoms. The summed E-state index contributed by atoms with van der Waals surface area (Å²) in [5, 5.41) is 0.797. The molecule has 0 fully saturated rings. The normalized spacial score (nSPS) is 10.9. The van der Waals surface area contributed by atoms with Crippen LogP contribution in [0.3, 0.4) is 0 Å². The standard InChI is InChI=1S/C12H8FN3S/c13-8-4-3-7(6-9(8)14)11-16-10-2-1-5-15-12(10)17-11/h1-6H,14H2. The van der Waals surface area contributed by atoms with Gasteiger partial charge in [-0.05, 0) is 30.3 Å². The van der Waals surface area contributed by atoms with Crippen LogP contribution in [-0.4, -0.2) is 9.97 Å². The summed E-state index contributed by atoms with van der Waals surface area (Å²) in [6, 6.07) is 8.35. The number of aromatic nitrogens is 2. The van der Waals surface area contributed by atoms with Gasteiger partial charge in [0.15, 0.2) is 0 Å². The van der Waals surface area contributed by atoms with Crippen LogP contribution in [0.4, 0.5) is 10.1 Å². The minimum Gasteiger partial charge on any atom is -0.396 e. The minimum absolute atomic E-state index is 0.134. The van der Waals surface area contributed by atoms with Crippen molar-refractivity contribution >= 4 is 27.4 Å². The third kappa shape index (κ3) is 1.74. The zero-order chi connectivity index (χ0) is 11.8. The summed E-state index contributed by atoms with van der Waals surface area (Å²) in [5.41, 5.74) is 7.33. The average molecular weight is 245 g/mol. The van der Waals surface area contributed by atoms with Crippen LogP contribution in [0.25, 0.3) is 20.9 Å². The summed E-state index contributed by atoms with van der Waals surface area (Å²) in [4.78, 5) is 9.52. The third-order valence-corrected chi connectivity index (χ3v) is 3.44. The molecular formula is C12H8FN3S. The molecule has 0 spiro atoms. The van der Waals surface area contributed by atoms with E-state index in [2.05, 4.69) is 9.97 Å². The smallest absolute Gasteiger partial charge is 0.146 e. The van der Waals surface area contributed by atoms with Crippen molar-refractivity contribution in [2.75, 3.05) is 5.73 Å². The van der Waals surface area contributed by atoms with Crippen LogP contribution in [0, 0.1) is 5.82 Å². The molecule has 2 heterocycles. The van der Waals surface area contributed by atoms with Gasteiger partial charge in [-0.1, -0.05) is 11.3 Å². The first kappa shape index (κ1) is 10.2. The summed E-state index contributed by atoms with van der Waals surface area (Å²) < 4.78 is 13.1. The Morgan fingerprint density at radius 3 is 2.88 bits per heavy atom. The first-order chi connectivity index (χ1) is 8.24. The van der Waals surface area contributed by atoms with Crippen molar-refractivity contribution in [2.45, 2.75) is 0 Å². The van der Waals surface area contributed by atoms with Crippen LogP contribution in [0.2, 0.25) is 0 Å². The minimum atomic E-state index is -0.409. The maximum atomic E-state index is 13.1. The van der Waals surface area contributed by atoms with E-state index in [0.717, 1.165) is 20.9 Å². The molecule has 3 nitrogen and oxygen atoms in total. The Balaban J connectivity index is 2.17. The first-order valence-corrected chi connectivity index (χ1v) is 5.82. The highest BCUT2D eigenvalue weighted by Crippen LogP contribution is 2.30. The molecule has 0 amide bonds. The summed E-state index contributed by atoms with van der Waals surface area (Å²) >= 11 is 1.46. The fourth-order valence-electron chi connectivity index (χ4n) is 1.57. The highest BCUT2D eigenvalue weighted by Gasteiger charge is 2.08. The van der Waals surface area contributed by atoms with E-state index >= 15 is 0 Å². The van der Waals surface area contributed by atoms with Crippen molar-refractivity contribution < 1.29 is 4.39 Å². The number of fused-ring (bicyclic) bond motifs is 1. The molecule has 3 aromatic rings. The lowest BCUT2D eigenvalue weighted by Gasteiger charge is -1.99. The van der Waals surface area contributed by atoms with Gasteiger partial charge in [-0.25, -0.2) is 14.4 Å².